The summed E-state index contributed by atoms with van der Waals surface area (Å²) in [4.78, 5) is 27.1. The molecular weight excluding hydrogens is 729 g/mol. The third-order valence-electron chi connectivity index (χ3n) is 16.0. The first-order valence-electron chi connectivity index (χ1n) is 21.4. The fraction of sp³-hybridized carbons (Fsp3) is 0.673. The number of fused-ring (bicyclic) bond motifs is 7. The number of nitrogens with one attached hydrogen (secondary N) is 1. The summed E-state index contributed by atoms with van der Waals surface area (Å²) < 4.78 is 24.1. The zero-order valence-electron chi connectivity index (χ0n) is 36.7. The first-order valence-corrected chi connectivity index (χ1v) is 23.2. The van der Waals surface area contributed by atoms with Gasteiger partial charge in [-0.25, -0.2) is 13.2 Å². The number of carbonyl (C=O) groups excluding carboxylic acids is 1. The Kier molecular flexibility index (Phi) is 15.8. The monoisotopic (exact) mass is 803 g/mol. The number of allylic oxidation sites excluding steroid dienone is 3. The second-order valence-corrected chi connectivity index (χ2v) is 20.9. The van der Waals surface area contributed by atoms with Crippen molar-refractivity contribution in [3.8, 4) is 25.7 Å². The summed E-state index contributed by atoms with van der Waals surface area (Å²) in [5.41, 5.74) is 3.38. The molecule has 8 heteroatoms. The summed E-state index contributed by atoms with van der Waals surface area (Å²) in [6.45, 7) is 22.3. The minimum atomic E-state index is -2.99. The molecule has 4 saturated carbocycles. The van der Waals surface area contributed by atoms with Gasteiger partial charge in [-0.3, -0.25) is 9.69 Å². The van der Waals surface area contributed by atoms with Crippen LogP contribution in [0.4, 0.5) is 0 Å². The number of sulfone groups is 1. The fourth-order valence-electron chi connectivity index (χ4n) is 13.5. The van der Waals surface area contributed by atoms with E-state index in [4.69, 9.17) is 0 Å². The van der Waals surface area contributed by atoms with Crippen LogP contribution in [0.15, 0.2) is 43.0 Å². The van der Waals surface area contributed by atoms with E-state index in [0.29, 0.717) is 35.7 Å². The predicted molar refractivity (Wildman–Crippen MR) is 237 cm³/mol. The number of terminal acetylenes is 2. The number of aromatic carboxylic acids is 1. The molecule has 316 valence electrons. The number of likely N-dealkylation sites (N-methyl/N-ethyl adjacent to an activating group) is 1. The molecule has 5 aliphatic carbocycles. The van der Waals surface area contributed by atoms with E-state index in [9.17, 15) is 23.1 Å². The van der Waals surface area contributed by atoms with Gasteiger partial charge in [-0.1, -0.05) is 79.2 Å². The van der Waals surface area contributed by atoms with E-state index in [-0.39, 0.29) is 57.2 Å². The molecule has 9 atom stereocenters. The highest BCUT2D eigenvalue weighted by atomic mass is 32.2. The molecule has 6 aliphatic rings. The van der Waals surface area contributed by atoms with Gasteiger partial charge in [0.25, 0.3) is 0 Å². The van der Waals surface area contributed by atoms with Crippen LogP contribution in [0.2, 0.25) is 0 Å². The van der Waals surface area contributed by atoms with Gasteiger partial charge in [-0.15, -0.1) is 32.3 Å². The van der Waals surface area contributed by atoms with Crippen LogP contribution < -0.4 is 5.32 Å². The summed E-state index contributed by atoms with van der Waals surface area (Å²) in [5, 5.41) is 13.1. The number of carboxylic acids is 1. The number of hydrogen-bond acceptors (Lipinski definition) is 5. The summed E-state index contributed by atoms with van der Waals surface area (Å²) in [7, 11) is -1.08. The van der Waals surface area contributed by atoms with Gasteiger partial charge in [0.15, 0.2) is 9.84 Å². The van der Waals surface area contributed by atoms with E-state index in [1.807, 2.05) is 44.9 Å². The summed E-state index contributed by atoms with van der Waals surface area (Å²) in [6, 6.07) is 7.44. The lowest BCUT2D eigenvalue weighted by Crippen LogP contribution is -2.68. The van der Waals surface area contributed by atoms with Crippen molar-refractivity contribution in [3.05, 3.63) is 54.1 Å². The van der Waals surface area contributed by atoms with Crippen LogP contribution >= 0.6 is 0 Å². The number of amides is 1. The minimum Gasteiger partial charge on any atom is -0.478 e. The van der Waals surface area contributed by atoms with Crippen molar-refractivity contribution in [1.82, 2.24) is 10.2 Å². The maximum atomic E-state index is 13.6. The Hall–Kier alpha value is -3.33. The quantitative estimate of drug-likeness (QED) is 0.219. The maximum Gasteiger partial charge on any atom is 0.335 e. The molecule has 7 nitrogen and oxygen atoms in total. The molecule has 7 rings (SSSR count). The van der Waals surface area contributed by atoms with Crippen molar-refractivity contribution in [1.29, 1.82) is 0 Å². The normalized spacial score (nSPS) is 36.2. The molecule has 1 aromatic rings. The van der Waals surface area contributed by atoms with Crippen molar-refractivity contribution in [2.45, 2.75) is 138 Å². The zero-order valence-corrected chi connectivity index (χ0v) is 37.5. The highest BCUT2D eigenvalue weighted by molar-refractivity contribution is 7.91. The summed E-state index contributed by atoms with van der Waals surface area (Å²) in [5.74, 6) is 1.88. The Morgan fingerprint density at radius 3 is 2.05 bits per heavy atom. The van der Waals surface area contributed by atoms with E-state index in [0.717, 1.165) is 31.2 Å². The zero-order chi connectivity index (χ0) is 43.2. The summed E-state index contributed by atoms with van der Waals surface area (Å²) >= 11 is 0. The highest BCUT2D eigenvalue weighted by Gasteiger charge is 2.69. The number of nitrogens with zero attached hydrogens (tertiary/aromatic N) is 1. The Morgan fingerprint density at radius 1 is 0.877 bits per heavy atom. The maximum absolute atomic E-state index is 13.6. The Balaban J connectivity index is 0.000000899. The van der Waals surface area contributed by atoms with E-state index >= 15 is 0 Å². The van der Waals surface area contributed by atoms with Gasteiger partial charge in [0.2, 0.25) is 5.91 Å². The van der Waals surface area contributed by atoms with Crippen LogP contribution in [0, 0.1) is 71.0 Å². The lowest BCUT2D eigenvalue weighted by atomic mass is 9.33. The van der Waals surface area contributed by atoms with Crippen molar-refractivity contribution in [3.63, 3.8) is 0 Å². The Labute approximate surface area is 347 Å². The largest absolute Gasteiger partial charge is 0.478 e. The van der Waals surface area contributed by atoms with Gasteiger partial charge in [-0.2, -0.15) is 0 Å². The SMILES string of the molecule is C#C.C#C.C=CC.CC.CN(CC(=O)N[C@]12CCCC1[C@H]1CCC3[C@@]4(C)CC=C(c5ccc(C(=O)O)cc5)C(C)(C)C4CC[C@@]3(C)[C@]1(C)CC2)C1CCS(=O)(=O)C1. The fourth-order valence-corrected chi connectivity index (χ4v) is 15.3. The first kappa shape index (κ1) is 48.0. The lowest BCUT2D eigenvalue weighted by molar-refractivity contribution is -0.217. The van der Waals surface area contributed by atoms with Crippen LogP contribution in [-0.2, 0) is 14.6 Å². The second kappa shape index (κ2) is 18.7. The van der Waals surface area contributed by atoms with E-state index < -0.39 is 15.8 Å². The molecule has 1 aromatic carbocycles. The van der Waals surface area contributed by atoms with Crippen LogP contribution in [-0.4, -0.2) is 67.0 Å². The molecule has 1 saturated heterocycles. The molecule has 1 amide bonds. The molecule has 0 radical (unpaired) electrons. The van der Waals surface area contributed by atoms with Gasteiger partial charge in [-0.05, 0) is 147 Å². The molecule has 0 aromatic heterocycles. The molecule has 57 heavy (non-hydrogen) atoms. The van der Waals surface area contributed by atoms with Crippen LogP contribution in [0.25, 0.3) is 5.57 Å². The minimum absolute atomic E-state index is 0.00980. The second-order valence-electron chi connectivity index (χ2n) is 18.7. The third-order valence-corrected chi connectivity index (χ3v) is 17.7. The van der Waals surface area contributed by atoms with Gasteiger partial charge >= 0.3 is 5.97 Å². The smallest absolute Gasteiger partial charge is 0.335 e. The van der Waals surface area contributed by atoms with Crippen LogP contribution in [0.1, 0.15) is 142 Å². The van der Waals surface area contributed by atoms with E-state index in [1.54, 1.807) is 18.2 Å². The number of hydrogen-bond donors (Lipinski definition) is 2. The molecule has 1 aliphatic heterocycles. The standard InChI is InChI=1S/C40H58N2O5S.C3H6.C2H6.2C2H2/c1-36(2)29(26-9-11-27(12-10-26)35(44)45)15-19-37(3)32(36)16-20-39(5)33(37)14-13-30-31-8-7-18-40(31,22-21-38(30,39)4)41-34(43)24-42(6)28-17-23-48(46,47)25-28;1-3-2;3*1-2/h9-12,15,28,30-33H,7-8,13-14,16-25H2,1-6H3,(H,41,43)(H,44,45);3H,1H2,2H3;1-2H3;2*1-2H/t28?,30-,31?,32?,33?,37+,38-,39-,40+;;;;/m1..../s1. The van der Waals surface area contributed by atoms with Crippen molar-refractivity contribution in [2.75, 3.05) is 25.1 Å². The van der Waals surface area contributed by atoms with Gasteiger partial charge in [0.05, 0.1) is 23.6 Å². The van der Waals surface area contributed by atoms with Crippen molar-refractivity contribution in [2.24, 2.45) is 45.3 Å². The molecule has 4 unspecified atom stereocenters. The molecule has 1 heterocycles. The Bertz CT molecular complexity index is 1750. The molecule has 0 bridgehead atoms. The van der Waals surface area contributed by atoms with E-state index in [1.165, 1.54) is 44.1 Å². The Morgan fingerprint density at radius 2 is 1.49 bits per heavy atom. The number of carboxylic acid groups (broad SMARTS) is 1. The third kappa shape index (κ3) is 8.70. The molecule has 0 spiro atoms. The first-order chi connectivity index (χ1) is 26.9. The number of rotatable bonds is 6. The molecule has 5 fully saturated rings. The topological polar surface area (TPSA) is 104 Å². The van der Waals surface area contributed by atoms with Gasteiger partial charge < -0.3 is 10.4 Å². The highest BCUT2D eigenvalue weighted by Crippen LogP contribution is 2.76. The van der Waals surface area contributed by atoms with Crippen LogP contribution in [0.3, 0.4) is 0 Å². The van der Waals surface area contributed by atoms with Gasteiger partial charge in [0.1, 0.15) is 0 Å². The lowest BCUT2D eigenvalue weighted by Gasteiger charge is -2.72. The van der Waals surface area contributed by atoms with E-state index in [2.05, 4.69) is 78.3 Å². The molecule has 2 N–H and O–H groups in total. The predicted octanol–water partition coefficient (Wildman–Crippen LogP) is 9.94. The number of carbonyl (C=O) groups is 2. The number of benzene rings is 1. The average molecular weight is 803 g/mol. The van der Waals surface area contributed by atoms with Crippen LogP contribution in [0.5, 0.6) is 0 Å². The van der Waals surface area contributed by atoms with Gasteiger partial charge in [0, 0.05) is 11.6 Å². The van der Waals surface area contributed by atoms with Crippen molar-refractivity contribution < 1.29 is 23.1 Å². The summed E-state index contributed by atoms with van der Waals surface area (Å²) in [6.07, 6.45) is 32.5. The average Bonchev–Trinajstić information content (AvgIpc) is 3.77. The molecular formula is C49H74N2O5S. The van der Waals surface area contributed by atoms with Crippen molar-refractivity contribution >= 4 is 27.3 Å².